The van der Waals surface area contributed by atoms with Crippen molar-refractivity contribution in [3.05, 3.63) is 111 Å². The number of alkyl halides is 3. The molecule has 1 N–H and O–H groups in total. The second-order valence-corrected chi connectivity index (χ2v) is 9.39. The van der Waals surface area contributed by atoms with E-state index in [0.717, 1.165) is 17.9 Å². The van der Waals surface area contributed by atoms with Crippen LogP contribution in [0.15, 0.2) is 77.6 Å². The molecule has 0 unspecified atom stereocenters. The summed E-state index contributed by atoms with van der Waals surface area (Å²) in [5.41, 5.74) is -1.29. The SMILES string of the molecule is COC(=O)[C@@H](Cc1ccccc1C(F)(F)F)NC(=O)Cn1nc(-c2ccc(Cl)cc2)n(Cc2ccccc2F)c1=O. The number of hydrogen-bond donors (Lipinski definition) is 1. The third-order valence-electron chi connectivity index (χ3n) is 6.17. The van der Waals surface area contributed by atoms with Crippen molar-refractivity contribution in [3.63, 3.8) is 0 Å². The Hall–Kier alpha value is -4.45. The number of nitrogens with one attached hydrogen (secondary N) is 1. The molecule has 214 valence electrons. The third-order valence-corrected chi connectivity index (χ3v) is 6.42. The van der Waals surface area contributed by atoms with Crippen molar-refractivity contribution in [2.24, 2.45) is 0 Å². The Morgan fingerprint density at radius 2 is 1.63 bits per heavy atom. The largest absolute Gasteiger partial charge is 0.467 e. The molecule has 4 aromatic rings. The molecule has 0 aliphatic heterocycles. The fraction of sp³-hybridized carbons (Fsp3) is 0.214. The van der Waals surface area contributed by atoms with E-state index in [4.69, 9.17) is 11.6 Å². The molecule has 4 rings (SSSR count). The molecule has 0 spiro atoms. The number of carbonyl (C=O) groups is 2. The molecule has 3 aromatic carbocycles. The van der Waals surface area contributed by atoms with Crippen LogP contribution in [-0.2, 0) is 40.0 Å². The number of hydrogen-bond acceptors (Lipinski definition) is 5. The quantitative estimate of drug-likeness (QED) is 0.229. The first-order valence-electron chi connectivity index (χ1n) is 12.2. The Morgan fingerprint density at radius 3 is 2.27 bits per heavy atom. The van der Waals surface area contributed by atoms with Crippen molar-refractivity contribution in [3.8, 4) is 11.4 Å². The van der Waals surface area contributed by atoms with Crippen molar-refractivity contribution in [2.75, 3.05) is 7.11 Å². The minimum absolute atomic E-state index is 0.117. The van der Waals surface area contributed by atoms with Crippen molar-refractivity contribution in [1.82, 2.24) is 19.7 Å². The van der Waals surface area contributed by atoms with Crippen LogP contribution in [0.1, 0.15) is 16.7 Å². The fourth-order valence-corrected chi connectivity index (χ4v) is 4.33. The van der Waals surface area contributed by atoms with Gasteiger partial charge in [-0.15, -0.1) is 5.10 Å². The van der Waals surface area contributed by atoms with Gasteiger partial charge in [0.2, 0.25) is 5.91 Å². The summed E-state index contributed by atoms with van der Waals surface area (Å²) >= 11 is 5.98. The zero-order valence-corrected chi connectivity index (χ0v) is 22.2. The zero-order valence-electron chi connectivity index (χ0n) is 21.5. The maximum atomic E-state index is 14.4. The summed E-state index contributed by atoms with van der Waals surface area (Å²) in [4.78, 5) is 38.7. The molecule has 0 aliphatic rings. The van der Waals surface area contributed by atoms with Crippen LogP contribution < -0.4 is 11.0 Å². The second kappa shape index (κ2) is 12.4. The van der Waals surface area contributed by atoms with E-state index in [9.17, 15) is 31.9 Å². The van der Waals surface area contributed by atoms with Gasteiger partial charge in [-0.05, 0) is 42.0 Å². The molecule has 1 amide bonds. The smallest absolute Gasteiger partial charge is 0.416 e. The number of carbonyl (C=O) groups excluding carboxylic acids is 2. The lowest BCUT2D eigenvalue weighted by atomic mass is 9.99. The van der Waals surface area contributed by atoms with Crippen LogP contribution in [0.2, 0.25) is 5.02 Å². The molecule has 0 bridgehead atoms. The van der Waals surface area contributed by atoms with E-state index >= 15 is 0 Å². The monoisotopic (exact) mass is 590 g/mol. The molecule has 0 saturated carbocycles. The van der Waals surface area contributed by atoms with Crippen molar-refractivity contribution >= 4 is 23.5 Å². The first-order valence-corrected chi connectivity index (χ1v) is 12.5. The Bertz CT molecular complexity index is 1620. The van der Waals surface area contributed by atoms with Gasteiger partial charge < -0.3 is 10.1 Å². The second-order valence-electron chi connectivity index (χ2n) is 8.95. The Morgan fingerprint density at radius 1 is 1.00 bits per heavy atom. The maximum absolute atomic E-state index is 14.4. The van der Waals surface area contributed by atoms with E-state index in [0.29, 0.717) is 10.6 Å². The maximum Gasteiger partial charge on any atom is 0.416 e. The van der Waals surface area contributed by atoms with Gasteiger partial charge in [-0.3, -0.25) is 9.36 Å². The highest BCUT2D eigenvalue weighted by atomic mass is 35.5. The van der Waals surface area contributed by atoms with E-state index in [-0.39, 0.29) is 23.5 Å². The van der Waals surface area contributed by atoms with Gasteiger partial charge in [-0.1, -0.05) is 48.0 Å². The van der Waals surface area contributed by atoms with Crippen molar-refractivity contribution in [1.29, 1.82) is 0 Å². The van der Waals surface area contributed by atoms with E-state index in [1.807, 2.05) is 0 Å². The zero-order chi connectivity index (χ0) is 29.7. The molecule has 0 radical (unpaired) electrons. The highest BCUT2D eigenvalue weighted by molar-refractivity contribution is 6.30. The predicted molar refractivity (Wildman–Crippen MR) is 142 cm³/mol. The molecule has 1 heterocycles. The van der Waals surface area contributed by atoms with Crippen LogP contribution in [0.4, 0.5) is 17.6 Å². The van der Waals surface area contributed by atoms with Gasteiger partial charge in [0, 0.05) is 22.6 Å². The van der Waals surface area contributed by atoms with Gasteiger partial charge in [0.15, 0.2) is 5.82 Å². The highest BCUT2D eigenvalue weighted by Gasteiger charge is 2.34. The Balaban J connectivity index is 1.63. The van der Waals surface area contributed by atoms with Gasteiger partial charge in [0.25, 0.3) is 0 Å². The molecule has 0 aliphatic carbocycles. The van der Waals surface area contributed by atoms with Crippen LogP contribution in [-0.4, -0.2) is 39.4 Å². The lowest BCUT2D eigenvalue weighted by molar-refractivity contribution is -0.145. The minimum Gasteiger partial charge on any atom is -0.467 e. The topological polar surface area (TPSA) is 95.2 Å². The number of benzene rings is 3. The number of nitrogens with zero attached hydrogens (tertiary/aromatic N) is 3. The van der Waals surface area contributed by atoms with Crippen molar-refractivity contribution in [2.45, 2.75) is 31.7 Å². The molecule has 8 nitrogen and oxygen atoms in total. The lowest BCUT2D eigenvalue weighted by Crippen LogP contribution is -2.45. The summed E-state index contributed by atoms with van der Waals surface area (Å²) in [7, 11) is 1.03. The lowest BCUT2D eigenvalue weighted by Gasteiger charge is -2.19. The van der Waals surface area contributed by atoms with Crippen molar-refractivity contribution < 1.29 is 31.9 Å². The van der Waals surface area contributed by atoms with Crippen LogP contribution in [0.25, 0.3) is 11.4 Å². The average molecular weight is 591 g/mol. The Kier molecular flexibility index (Phi) is 8.92. The number of ether oxygens (including phenoxy) is 1. The summed E-state index contributed by atoms with van der Waals surface area (Å²) in [6, 6.07) is 15.3. The molecule has 1 atom stereocenters. The molecule has 41 heavy (non-hydrogen) atoms. The fourth-order valence-electron chi connectivity index (χ4n) is 4.20. The summed E-state index contributed by atoms with van der Waals surface area (Å²) in [5, 5.41) is 7.02. The first-order chi connectivity index (χ1) is 19.5. The first kappa shape index (κ1) is 29.5. The average Bonchev–Trinajstić information content (AvgIpc) is 3.23. The normalized spacial score (nSPS) is 12.1. The molecular formula is C28H23ClF4N4O4. The molecule has 13 heteroatoms. The van der Waals surface area contributed by atoms with E-state index in [1.54, 1.807) is 30.3 Å². The molecule has 1 aromatic heterocycles. The number of methoxy groups -OCH3 is 1. The number of esters is 1. The van der Waals surface area contributed by atoms with E-state index in [2.05, 4.69) is 15.2 Å². The van der Waals surface area contributed by atoms with Crippen LogP contribution in [0, 0.1) is 5.82 Å². The summed E-state index contributed by atoms with van der Waals surface area (Å²) in [5.74, 6) is -2.29. The van der Waals surface area contributed by atoms with Crippen LogP contribution >= 0.6 is 11.6 Å². The molecule has 0 fully saturated rings. The van der Waals surface area contributed by atoms with Gasteiger partial charge in [0.1, 0.15) is 18.4 Å². The number of rotatable bonds is 9. The highest BCUT2D eigenvalue weighted by Crippen LogP contribution is 2.32. The summed E-state index contributed by atoms with van der Waals surface area (Å²) < 4.78 is 61.5. The van der Waals surface area contributed by atoms with Crippen LogP contribution in [0.5, 0.6) is 0 Å². The molecule has 0 saturated heterocycles. The van der Waals surface area contributed by atoms with E-state index < -0.39 is 54.1 Å². The number of amides is 1. The minimum atomic E-state index is -4.68. The standard InChI is InChI=1S/C28H23ClF4N4O4/c1-41-26(39)23(14-18-6-2-4-8-21(18)28(31,32)33)34-24(38)16-37-27(40)36(15-19-7-3-5-9-22(19)30)25(35-37)17-10-12-20(29)13-11-17/h2-13,23H,14-16H2,1H3,(H,34,38)/t23-/m1/s1. The van der Waals surface area contributed by atoms with Gasteiger partial charge in [-0.25, -0.2) is 18.7 Å². The van der Waals surface area contributed by atoms with Gasteiger partial charge in [-0.2, -0.15) is 13.2 Å². The summed E-state index contributed by atoms with van der Waals surface area (Å²) in [6.07, 6.45) is -5.20. The summed E-state index contributed by atoms with van der Waals surface area (Å²) in [6.45, 7) is -0.887. The number of halogens is 5. The Labute approximate surface area is 236 Å². The predicted octanol–water partition coefficient (Wildman–Crippen LogP) is 4.47. The number of aromatic nitrogens is 3. The molecular weight excluding hydrogens is 568 g/mol. The van der Waals surface area contributed by atoms with Crippen LogP contribution in [0.3, 0.4) is 0 Å². The van der Waals surface area contributed by atoms with E-state index in [1.165, 1.54) is 41.0 Å². The third kappa shape index (κ3) is 7.01. The van der Waals surface area contributed by atoms with Gasteiger partial charge in [0.05, 0.1) is 19.2 Å². The van der Waals surface area contributed by atoms with Gasteiger partial charge >= 0.3 is 17.8 Å².